The van der Waals surface area contributed by atoms with Gasteiger partial charge in [0.25, 0.3) is 0 Å². The number of halogens is 1. The fourth-order valence-corrected chi connectivity index (χ4v) is 0.313. The second-order valence-electron chi connectivity index (χ2n) is 1.14. The number of methoxy groups -OCH3 is 1. The van der Waals surface area contributed by atoms with Gasteiger partial charge in [-0.3, -0.25) is 4.79 Å². The summed E-state index contributed by atoms with van der Waals surface area (Å²) in [4.78, 5) is 10.2. The van der Waals surface area contributed by atoms with Crippen molar-refractivity contribution in [2.45, 2.75) is 6.42 Å². The summed E-state index contributed by atoms with van der Waals surface area (Å²) in [6.45, 7) is 0. The molecule has 0 N–H and O–H groups in total. The van der Waals surface area contributed by atoms with Crippen molar-refractivity contribution in [1.82, 2.24) is 0 Å². The van der Waals surface area contributed by atoms with Crippen LogP contribution in [0.25, 0.3) is 0 Å². The molecule has 0 aliphatic heterocycles. The van der Waals surface area contributed by atoms with Crippen LogP contribution in [-0.2, 0) is 9.53 Å². The van der Waals surface area contributed by atoms with E-state index in [1.165, 1.54) is 18.7 Å². The monoisotopic (exact) mass is 134 g/mol. The smallest absolute Gasteiger partial charge is 0.309 e. The molecule has 0 saturated heterocycles. The molecule has 0 atom stereocenters. The lowest BCUT2D eigenvalue weighted by molar-refractivity contribution is -0.139. The predicted molar refractivity (Wildman–Crippen MR) is 31.6 cm³/mol. The number of hydrogen-bond acceptors (Lipinski definition) is 2. The second kappa shape index (κ2) is 4.65. The summed E-state index contributed by atoms with van der Waals surface area (Å²) in [5.41, 5.74) is 1.29. The van der Waals surface area contributed by atoms with Crippen molar-refractivity contribution in [1.29, 1.82) is 0 Å². The van der Waals surface area contributed by atoms with Crippen LogP contribution in [0.5, 0.6) is 0 Å². The van der Waals surface area contributed by atoms with E-state index in [1.54, 1.807) is 0 Å². The van der Waals surface area contributed by atoms with Crippen LogP contribution < -0.4 is 0 Å². The highest BCUT2D eigenvalue weighted by molar-refractivity contribution is 6.25. The van der Waals surface area contributed by atoms with Gasteiger partial charge in [-0.05, 0) is 0 Å². The number of hydrogen-bond donors (Lipinski definition) is 0. The van der Waals surface area contributed by atoms with Crippen LogP contribution in [0.1, 0.15) is 6.42 Å². The first-order valence-electron chi connectivity index (χ1n) is 2.13. The SMILES string of the molecule is COC(=O)C/C=C\Cl. The fraction of sp³-hybridized carbons (Fsp3) is 0.400. The summed E-state index contributed by atoms with van der Waals surface area (Å²) >= 11 is 5.11. The van der Waals surface area contributed by atoms with E-state index in [2.05, 4.69) is 4.74 Å². The van der Waals surface area contributed by atoms with Gasteiger partial charge in [-0.2, -0.15) is 0 Å². The minimum absolute atomic E-state index is 0.250. The van der Waals surface area contributed by atoms with Crippen LogP contribution in [0, 0.1) is 0 Å². The van der Waals surface area contributed by atoms with Gasteiger partial charge in [-0.15, -0.1) is 0 Å². The highest BCUT2D eigenvalue weighted by atomic mass is 35.5. The van der Waals surface area contributed by atoms with Gasteiger partial charge >= 0.3 is 5.97 Å². The molecule has 0 spiro atoms. The molecule has 0 bridgehead atoms. The highest BCUT2D eigenvalue weighted by Crippen LogP contribution is 1.87. The summed E-state index contributed by atoms with van der Waals surface area (Å²) in [5.74, 6) is -0.276. The van der Waals surface area contributed by atoms with E-state index < -0.39 is 0 Å². The molecule has 0 amide bonds. The third kappa shape index (κ3) is 3.68. The van der Waals surface area contributed by atoms with Gasteiger partial charge in [0.15, 0.2) is 0 Å². The highest BCUT2D eigenvalue weighted by Gasteiger charge is 1.91. The molecule has 46 valence electrons. The molecule has 0 aliphatic carbocycles. The van der Waals surface area contributed by atoms with E-state index >= 15 is 0 Å². The van der Waals surface area contributed by atoms with E-state index in [0.717, 1.165) is 0 Å². The first-order valence-corrected chi connectivity index (χ1v) is 2.57. The molecule has 0 radical (unpaired) electrons. The molecule has 0 fully saturated rings. The standard InChI is InChI=1S/C5H7ClO2/c1-8-5(7)3-2-4-6/h2,4H,3H2,1H3/b4-2-. The maximum absolute atomic E-state index is 10.2. The third-order valence-electron chi connectivity index (χ3n) is 0.601. The lowest BCUT2D eigenvalue weighted by atomic mass is 10.4. The Kier molecular flexibility index (Phi) is 4.36. The van der Waals surface area contributed by atoms with Crippen molar-refractivity contribution in [3.63, 3.8) is 0 Å². The first kappa shape index (κ1) is 7.50. The Hall–Kier alpha value is -0.500. The third-order valence-corrected chi connectivity index (χ3v) is 0.779. The van der Waals surface area contributed by atoms with Gasteiger partial charge in [0, 0.05) is 5.54 Å². The average molecular weight is 135 g/mol. The zero-order valence-electron chi connectivity index (χ0n) is 4.56. The minimum Gasteiger partial charge on any atom is -0.469 e. The van der Waals surface area contributed by atoms with E-state index in [9.17, 15) is 4.79 Å². The summed E-state index contributed by atoms with van der Waals surface area (Å²) in [7, 11) is 1.34. The molecule has 2 nitrogen and oxygen atoms in total. The molecule has 0 unspecified atom stereocenters. The maximum Gasteiger partial charge on any atom is 0.309 e. The van der Waals surface area contributed by atoms with Crippen molar-refractivity contribution >= 4 is 17.6 Å². The van der Waals surface area contributed by atoms with Crippen LogP contribution in [0.3, 0.4) is 0 Å². The van der Waals surface area contributed by atoms with E-state index in [0.29, 0.717) is 0 Å². The van der Waals surface area contributed by atoms with E-state index in [4.69, 9.17) is 11.6 Å². The van der Waals surface area contributed by atoms with Gasteiger partial charge in [-0.1, -0.05) is 17.7 Å². The van der Waals surface area contributed by atoms with Crippen LogP contribution in [0.4, 0.5) is 0 Å². The molecule has 8 heavy (non-hydrogen) atoms. The summed E-state index contributed by atoms with van der Waals surface area (Å²) < 4.78 is 4.30. The van der Waals surface area contributed by atoms with Gasteiger partial charge in [0.2, 0.25) is 0 Å². The van der Waals surface area contributed by atoms with Gasteiger partial charge in [-0.25, -0.2) is 0 Å². The molecular weight excluding hydrogens is 128 g/mol. The Bertz CT molecular complexity index is 98.6. The Morgan fingerprint density at radius 1 is 1.88 bits per heavy atom. The van der Waals surface area contributed by atoms with Crippen LogP contribution >= 0.6 is 11.6 Å². The Morgan fingerprint density at radius 3 is 2.88 bits per heavy atom. The van der Waals surface area contributed by atoms with Crippen molar-refractivity contribution in [2.24, 2.45) is 0 Å². The fourth-order valence-electron chi connectivity index (χ4n) is 0.224. The molecule has 0 saturated carbocycles. The zero-order chi connectivity index (χ0) is 6.41. The normalized spacial score (nSPS) is 9.75. The van der Waals surface area contributed by atoms with Crippen LogP contribution in [0.15, 0.2) is 11.6 Å². The van der Waals surface area contributed by atoms with E-state index in [-0.39, 0.29) is 12.4 Å². The number of esters is 1. The summed E-state index contributed by atoms with van der Waals surface area (Å²) in [6, 6.07) is 0. The van der Waals surface area contributed by atoms with Crippen molar-refractivity contribution < 1.29 is 9.53 Å². The second-order valence-corrected chi connectivity index (χ2v) is 1.39. The molecule has 0 aliphatic rings. The number of carbonyl (C=O) groups is 1. The Labute approximate surface area is 53.1 Å². The van der Waals surface area contributed by atoms with Crippen LogP contribution in [0.2, 0.25) is 0 Å². The summed E-state index contributed by atoms with van der Waals surface area (Å²) in [5, 5.41) is 0. The topological polar surface area (TPSA) is 26.3 Å². The van der Waals surface area contributed by atoms with Crippen molar-refractivity contribution in [3.05, 3.63) is 11.6 Å². The Balaban J connectivity index is 3.25. The van der Waals surface area contributed by atoms with E-state index in [1.807, 2.05) is 0 Å². The maximum atomic E-state index is 10.2. The quantitative estimate of drug-likeness (QED) is 0.533. The minimum atomic E-state index is -0.276. The zero-order valence-corrected chi connectivity index (χ0v) is 5.31. The molecule has 0 aromatic carbocycles. The number of ether oxygens (including phenoxy) is 1. The molecular formula is C5H7ClO2. The predicted octanol–water partition coefficient (Wildman–Crippen LogP) is 1.30. The largest absolute Gasteiger partial charge is 0.469 e. The molecule has 0 rings (SSSR count). The molecule has 3 heteroatoms. The first-order chi connectivity index (χ1) is 3.81. The lowest BCUT2D eigenvalue weighted by Gasteiger charge is -1.89. The number of rotatable bonds is 2. The van der Waals surface area contributed by atoms with Gasteiger partial charge in [0.1, 0.15) is 0 Å². The van der Waals surface area contributed by atoms with Gasteiger partial charge in [0.05, 0.1) is 13.5 Å². The van der Waals surface area contributed by atoms with Gasteiger partial charge < -0.3 is 4.74 Å². The summed E-state index contributed by atoms with van der Waals surface area (Å²) in [6.07, 6.45) is 1.77. The molecule has 0 aromatic heterocycles. The van der Waals surface area contributed by atoms with Crippen molar-refractivity contribution in [2.75, 3.05) is 7.11 Å². The van der Waals surface area contributed by atoms with Crippen LogP contribution in [-0.4, -0.2) is 13.1 Å². The number of carbonyl (C=O) groups excluding carboxylic acids is 1. The average Bonchev–Trinajstić information content (AvgIpc) is 1.83. The lowest BCUT2D eigenvalue weighted by Crippen LogP contribution is -1.96. The molecule has 0 aromatic rings. The Morgan fingerprint density at radius 2 is 2.50 bits per heavy atom. The molecule has 0 heterocycles. The van der Waals surface area contributed by atoms with Crippen molar-refractivity contribution in [3.8, 4) is 0 Å².